The van der Waals surface area contributed by atoms with Gasteiger partial charge in [0, 0.05) is 49.9 Å². The minimum Gasteiger partial charge on any atom is -0.369 e. The molecule has 0 bridgehead atoms. The number of benzene rings is 1. The van der Waals surface area contributed by atoms with E-state index in [1.165, 1.54) is 5.69 Å². The van der Waals surface area contributed by atoms with Gasteiger partial charge in [0.2, 0.25) is 5.89 Å². The molecular weight excluding hydrogens is 352 g/mol. The van der Waals surface area contributed by atoms with Gasteiger partial charge < -0.3 is 20.1 Å². The molecule has 3 rings (SSSR count). The Morgan fingerprint density at radius 3 is 3.08 bits per heavy atom. The van der Waals surface area contributed by atoms with Gasteiger partial charge in [-0.3, -0.25) is 4.99 Å². The summed E-state index contributed by atoms with van der Waals surface area (Å²) in [7, 11) is 1.79. The van der Waals surface area contributed by atoms with Crippen molar-refractivity contribution in [3.05, 3.63) is 41.0 Å². The molecule has 1 aromatic carbocycles. The number of halogens is 1. The maximum Gasteiger partial charge on any atom is 0.226 e. The van der Waals surface area contributed by atoms with Gasteiger partial charge in [0.05, 0.1) is 0 Å². The van der Waals surface area contributed by atoms with Crippen LogP contribution in [-0.2, 0) is 6.42 Å². The van der Waals surface area contributed by atoms with Crippen molar-refractivity contribution in [2.45, 2.75) is 32.2 Å². The van der Waals surface area contributed by atoms with Gasteiger partial charge in [-0.25, -0.2) is 0 Å². The Kier molecular flexibility index (Phi) is 6.33. The summed E-state index contributed by atoms with van der Waals surface area (Å²) in [5.41, 5.74) is 1.17. The minimum absolute atomic E-state index is 0.360. The van der Waals surface area contributed by atoms with Crippen LogP contribution in [-0.4, -0.2) is 48.8 Å². The molecule has 7 nitrogen and oxygen atoms in total. The molecule has 0 saturated carbocycles. The SMILES string of the molecule is CN=C(NCCCc1nc(C)no1)NC1CCN(c2cccc(Cl)c2)C1. The Balaban J connectivity index is 1.41. The molecule has 2 aromatic rings. The largest absolute Gasteiger partial charge is 0.369 e. The van der Waals surface area contributed by atoms with E-state index in [1.807, 2.05) is 25.1 Å². The average molecular weight is 377 g/mol. The van der Waals surface area contributed by atoms with Crippen LogP contribution in [0, 0.1) is 6.92 Å². The lowest BCUT2D eigenvalue weighted by molar-refractivity contribution is 0.372. The molecule has 0 radical (unpaired) electrons. The van der Waals surface area contributed by atoms with E-state index in [0.29, 0.717) is 17.8 Å². The zero-order valence-electron chi connectivity index (χ0n) is 15.2. The molecule has 8 heteroatoms. The third-order valence-corrected chi connectivity index (χ3v) is 4.59. The third kappa shape index (κ3) is 5.11. The van der Waals surface area contributed by atoms with Crippen LogP contribution in [0.3, 0.4) is 0 Å². The molecule has 0 aliphatic carbocycles. The van der Waals surface area contributed by atoms with Crippen LogP contribution in [0.4, 0.5) is 5.69 Å². The molecule has 1 fully saturated rings. The molecule has 1 aliphatic heterocycles. The quantitative estimate of drug-likeness (QED) is 0.458. The van der Waals surface area contributed by atoms with Crippen molar-refractivity contribution < 1.29 is 4.52 Å². The molecule has 1 unspecified atom stereocenters. The highest BCUT2D eigenvalue weighted by Gasteiger charge is 2.23. The second-order valence-electron chi connectivity index (χ2n) is 6.39. The Labute approximate surface area is 158 Å². The summed E-state index contributed by atoms with van der Waals surface area (Å²) in [5.74, 6) is 2.18. The van der Waals surface area contributed by atoms with Crippen molar-refractivity contribution >= 4 is 23.2 Å². The average Bonchev–Trinajstić information content (AvgIpc) is 3.26. The standard InChI is InChI=1S/C18H25ClN6O/c1-13-22-17(26-24-13)7-4-9-21-18(20-2)23-15-8-10-25(12-15)16-6-3-5-14(19)11-16/h3,5-6,11,15H,4,7-10,12H2,1-2H3,(H2,20,21,23). The number of nitrogens with zero attached hydrogens (tertiary/aromatic N) is 4. The van der Waals surface area contributed by atoms with Gasteiger partial charge in [0.25, 0.3) is 0 Å². The lowest BCUT2D eigenvalue weighted by Crippen LogP contribution is -2.44. The third-order valence-electron chi connectivity index (χ3n) is 4.36. The fourth-order valence-corrected chi connectivity index (χ4v) is 3.25. The zero-order chi connectivity index (χ0) is 18.4. The van der Waals surface area contributed by atoms with Gasteiger partial charge in [-0.2, -0.15) is 4.98 Å². The van der Waals surface area contributed by atoms with Crippen LogP contribution in [0.15, 0.2) is 33.8 Å². The lowest BCUT2D eigenvalue weighted by atomic mass is 10.2. The summed E-state index contributed by atoms with van der Waals surface area (Å²) in [5, 5.41) is 11.4. The molecule has 0 amide bonds. The first-order valence-corrected chi connectivity index (χ1v) is 9.28. The summed E-state index contributed by atoms with van der Waals surface area (Å²) < 4.78 is 5.12. The van der Waals surface area contributed by atoms with Gasteiger partial charge in [-0.15, -0.1) is 0 Å². The van der Waals surface area contributed by atoms with E-state index in [2.05, 4.69) is 36.7 Å². The molecule has 26 heavy (non-hydrogen) atoms. The highest BCUT2D eigenvalue weighted by molar-refractivity contribution is 6.30. The zero-order valence-corrected chi connectivity index (χ0v) is 16.0. The Morgan fingerprint density at radius 1 is 1.46 bits per heavy atom. The number of hydrogen-bond donors (Lipinski definition) is 2. The molecule has 1 saturated heterocycles. The molecule has 1 atom stereocenters. The fraction of sp³-hybridized carbons (Fsp3) is 0.500. The summed E-state index contributed by atoms with van der Waals surface area (Å²) in [6.07, 6.45) is 2.73. The van der Waals surface area contributed by atoms with E-state index >= 15 is 0 Å². The van der Waals surface area contributed by atoms with Crippen LogP contribution in [0.5, 0.6) is 0 Å². The van der Waals surface area contributed by atoms with Crippen LogP contribution < -0.4 is 15.5 Å². The Morgan fingerprint density at radius 2 is 2.35 bits per heavy atom. The predicted octanol–water partition coefficient (Wildman–Crippen LogP) is 2.41. The number of hydrogen-bond acceptors (Lipinski definition) is 5. The Hall–Kier alpha value is -2.28. The first-order chi connectivity index (χ1) is 12.6. The maximum absolute atomic E-state index is 6.10. The minimum atomic E-state index is 0.360. The van der Waals surface area contributed by atoms with Gasteiger partial charge in [0.15, 0.2) is 11.8 Å². The summed E-state index contributed by atoms with van der Waals surface area (Å²) in [6, 6.07) is 8.36. The highest BCUT2D eigenvalue weighted by Crippen LogP contribution is 2.23. The summed E-state index contributed by atoms with van der Waals surface area (Å²) >= 11 is 6.10. The number of nitrogens with one attached hydrogen (secondary N) is 2. The Bertz CT molecular complexity index is 747. The van der Waals surface area contributed by atoms with E-state index in [9.17, 15) is 0 Å². The first-order valence-electron chi connectivity index (χ1n) is 8.91. The molecule has 140 valence electrons. The number of rotatable bonds is 6. The molecule has 2 N–H and O–H groups in total. The van der Waals surface area contributed by atoms with Crippen LogP contribution in [0.25, 0.3) is 0 Å². The molecule has 1 aromatic heterocycles. The van der Waals surface area contributed by atoms with E-state index in [1.54, 1.807) is 7.05 Å². The van der Waals surface area contributed by atoms with E-state index in [4.69, 9.17) is 16.1 Å². The monoisotopic (exact) mass is 376 g/mol. The normalized spacial score (nSPS) is 17.6. The number of aliphatic imine (C=N–C) groups is 1. The maximum atomic E-state index is 6.10. The molecule has 0 spiro atoms. The topological polar surface area (TPSA) is 78.6 Å². The van der Waals surface area contributed by atoms with Crippen molar-refractivity contribution in [3.63, 3.8) is 0 Å². The van der Waals surface area contributed by atoms with Gasteiger partial charge in [-0.1, -0.05) is 22.8 Å². The van der Waals surface area contributed by atoms with Crippen molar-refractivity contribution in [1.29, 1.82) is 0 Å². The van der Waals surface area contributed by atoms with Crippen LogP contribution in [0.2, 0.25) is 5.02 Å². The van der Waals surface area contributed by atoms with E-state index in [0.717, 1.165) is 49.9 Å². The lowest BCUT2D eigenvalue weighted by Gasteiger charge is -2.20. The van der Waals surface area contributed by atoms with Crippen molar-refractivity contribution in [2.75, 3.05) is 31.6 Å². The number of anilines is 1. The van der Waals surface area contributed by atoms with Gasteiger partial charge >= 0.3 is 0 Å². The van der Waals surface area contributed by atoms with E-state index in [-0.39, 0.29) is 0 Å². The highest BCUT2D eigenvalue weighted by atomic mass is 35.5. The van der Waals surface area contributed by atoms with Crippen LogP contribution >= 0.6 is 11.6 Å². The second-order valence-corrected chi connectivity index (χ2v) is 6.83. The van der Waals surface area contributed by atoms with Gasteiger partial charge in [-0.05, 0) is 38.0 Å². The summed E-state index contributed by atoms with van der Waals surface area (Å²) in [4.78, 5) is 10.9. The number of aromatic nitrogens is 2. The predicted molar refractivity (Wildman–Crippen MR) is 104 cm³/mol. The van der Waals surface area contributed by atoms with Crippen molar-refractivity contribution in [1.82, 2.24) is 20.8 Å². The second kappa shape index (κ2) is 8.89. The van der Waals surface area contributed by atoms with Crippen LogP contribution in [0.1, 0.15) is 24.6 Å². The summed E-state index contributed by atoms with van der Waals surface area (Å²) in [6.45, 7) is 4.56. The molecule has 1 aliphatic rings. The fourth-order valence-electron chi connectivity index (χ4n) is 3.06. The smallest absolute Gasteiger partial charge is 0.226 e. The molecular formula is C18H25ClN6O. The van der Waals surface area contributed by atoms with Crippen molar-refractivity contribution in [3.8, 4) is 0 Å². The molecule has 2 heterocycles. The number of aryl methyl sites for hydroxylation is 2. The van der Waals surface area contributed by atoms with Gasteiger partial charge in [0.1, 0.15) is 0 Å². The van der Waals surface area contributed by atoms with Crippen molar-refractivity contribution in [2.24, 2.45) is 4.99 Å². The van der Waals surface area contributed by atoms with E-state index < -0.39 is 0 Å². The first kappa shape index (κ1) is 18.5. The number of guanidine groups is 1.